The maximum Gasteiger partial charge on any atom is 0.310 e. The second kappa shape index (κ2) is 8.31. The van der Waals surface area contributed by atoms with Crippen LogP contribution in [0, 0.1) is 22.7 Å². The van der Waals surface area contributed by atoms with Crippen LogP contribution in [-0.2, 0) is 9.59 Å². The molecule has 0 aliphatic heterocycles. The molecule has 26 heavy (non-hydrogen) atoms. The summed E-state index contributed by atoms with van der Waals surface area (Å²) in [6.45, 7) is 0. The lowest BCUT2D eigenvalue weighted by Gasteiger charge is -2.51. The van der Waals surface area contributed by atoms with Crippen LogP contribution in [0.25, 0.3) is 0 Å². The average molecular weight is 365 g/mol. The first kappa shape index (κ1) is 19.7. The predicted molar refractivity (Wildman–Crippen MR) is 101 cm³/mol. The maximum atomic E-state index is 12.6. The molecule has 3 saturated carbocycles. The number of hydrogen-bond acceptors (Lipinski definition) is 2. The molecule has 3 fully saturated rings. The summed E-state index contributed by atoms with van der Waals surface area (Å²) in [5.74, 6) is -0.881. The molecular formula is C22H36O4. The Labute approximate surface area is 157 Å². The topological polar surface area (TPSA) is 74.6 Å². The third-order valence-electron chi connectivity index (χ3n) is 7.92. The smallest absolute Gasteiger partial charge is 0.310 e. The molecule has 2 atom stereocenters. The Bertz CT molecular complexity index is 458. The Balaban J connectivity index is 1.92. The summed E-state index contributed by atoms with van der Waals surface area (Å²) in [6, 6.07) is 0. The summed E-state index contributed by atoms with van der Waals surface area (Å²) in [4.78, 5) is 25.3. The fraction of sp³-hybridized carbons (Fsp3) is 0.909. The molecule has 0 aromatic heterocycles. The van der Waals surface area contributed by atoms with Gasteiger partial charge in [0.2, 0.25) is 0 Å². The summed E-state index contributed by atoms with van der Waals surface area (Å²) in [7, 11) is 0. The average Bonchev–Trinajstić information content (AvgIpc) is 2.64. The first-order valence-electron chi connectivity index (χ1n) is 11.0. The van der Waals surface area contributed by atoms with E-state index in [1.807, 2.05) is 0 Å². The van der Waals surface area contributed by atoms with Gasteiger partial charge >= 0.3 is 11.9 Å². The third kappa shape index (κ3) is 3.66. The van der Waals surface area contributed by atoms with Crippen molar-refractivity contribution in [2.45, 2.75) is 103 Å². The van der Waals surface area contributed by atoms with Gasteiger partial charge in [0.05, 0.1) is 10.8 Å². The quantitative estimate of drug-likeness (QED) is 0.639. The molecule has 0 heterocycles. The molecule has 2 unspecified atom stereocenters. The summed E-state index contributed by atoms with van der Waals surface area (Å²) in [5.41, 5.74) is -2.12. The highest BCUT2D eigenvalue weighted by molar-refractivity contribution is 5.87. The predicted octanol–water partition coefficient (Wildman–Crippen LogP) is 5.64. The zero-order chi connectivity index (χ0) is 18.6. The minimum atomic E-state index is -1.06. The standard InChI is InChI=1S/C22H36O4/c23-19(24)21(15-17-9-3-1-4-10-17)13-7-8-14-22(21,20(25)26)16-18-11-5-2-6-12-18/h17-18H,1-16H2,(H,23,24)(H,25,26). The number of hydrogen-bond donors (Lipinski definition) is 2. The Morgan fingerprint density at radius 2 is 0.962 bits per heavy atom. The molecular weight excluding hydrogens is 328 g/mol. The normalized spacial score (nSPS) is 34.5. The van der Waals surface area contributed by atoms with E-state index in [0.29, 0.717) is 37.5 Å². The summed E-state index contributed by atoms with van der Waals surface area (Å²) in [6.07, 6.45) is 15.5. The van der Waals surface area contributed by atoms with Crippen LogP contribution < -0.4 is 0 Å². The van der Waals surface area contributed by atoms with Crippen LogP contribution in [0.5, 0.6) is 0 Å². The molecule has 3 aliphatic rings. The van der Waals surface area contributed by atoms with Gasteiger partial charge in [-0.2, -0.15) is 0 Å². The van der Waals surface area contributed by atoms with Crippen LogP contribution in [0.1, 0.15) is 103 Å². The van der Waals surface area contributed by atoms with Crippen molar-refractivity contribution in [3.05, 3.63) is 0 Å². The molecule has 0 aromatic carbocycles. The molecule has 4 nitrogen and oxygen atoms in total. The van der Waals surface area contributed by atoms with Crippen LogP contribution in [-0.4, -0.2) is 22.2 Å². The first-order valence-corrected chi connectivity index (χ1v) is 11.0. The van der Waals surface area contributed by atoms with Gasteiger partial charge in [-0.3, -0.25) is 9.59 Å². The number of carboxylic acids is 2. The van der Waals surface area contributed by atoms with Gasteiger partial charge < -0.3 is 10.2 Å². The molecule has 3 aliphatic carbocycles. The van der Waals surface area contributed by atoms with Crippen molar-refractivity contribution in [3.63, 3.8) is 0 Å². The van der Waals surface area contributed by atoms with E-state index >= 15 is 0 Å². The van der Waals surface area contributed by atoms with Gasteiger partial charge in [-0.25, -0.2) is 0 Å². The lowest BCUT2D eigenvalue weighted by Crippen LogP contribution is -2.56. The van der Waals surface area contributed by atoms with E-state index in [1.165, 1.54) is 38.5 Å². The van der Waals surface area contributed by atoms with Crippen molar-refractivity contribution < 1.29 is 19.8 Å². The van der Waals surface area contributed by atoms with Gasteiger partial charge in [0.15, 0.2) is 0 Å². The number of rotatable bonds is 6. The molecule has 4 heteroatoms. The number of carbonyl (C=O) groups is 2. The van der Waals surface area contributed by atoms with Crippen molar-refractivity contribution in [2.75, 3.05) is 0 Å². The summed E-state index contributed by atoms with van der Waals surface area (Å²) >= 11 is 0. The van der Waals surface area contributed by atoms with Crippen molar-refractivity contribution in [1.29, 1.82) is 0 Å². The summed E-state index contributed by atoms with van der Waals surface area (Å²) in [5, 5.41) is 20.7. The van der Waals surface area contributed by atoms with Gasteiger partial charge in [-0.1, -0.05) is 77.0 Å². The highest BCUT2D eigenvalue weighted by Gasteiger charge is 2.62. The molecule has 2 N–H and O–H groups in total. The van der Waals surface area contributed by atoms with E-state index in [9.17, 15) is 19.8 Å². The molecule has 0 amide bonds. The molecule has 0 spiro atoms. The zero-order valence-corrected chi connectivity index (χ0v) is 16.2. The van der Waals surface area contributed by atoms with Crippen molar-refractivity contribution in [1.82, 2.24) is 0 Å². The Morgan fingerprint density at radius 3 is 1.27 bits per heavy atom. The molecule has 0 bridgehead atoms. The Hall–Kier alpha value is -1.06. The Kier molecular flexibility index (Phi) is 6.29. The van der Waals surface area contributed by atoms with Gasteiger partial charge in [0.1, 0.15) is 0 Å². The van der Waals surface area contributed by atoms with Crippen LogP contribution in [0.15, 0.2) is 0 Å². The van der Waals surface area contributed by atoms with E-state index in [0.717, 1.165) is 38.5 Å². The van der Waals surface area contributed by atoms with E-state index in [4.69, 9.17) is 0 Å². The van der Waals surface area contributed by atoms with Gasteiger partial charge in [0.25, 0.3) is 0 Å². The van der Waals surface area contributed by atoms with Gasteiger partial charge in [-0.05, 0) is 37.5 Å². The largest absolute Gasteiger partial charge is 0.481 e. The second-order valence-corrected chi connectivity index (χ2v) is 9.40. The summed E-state index contributed by atoms with van der Waals surface area (Å²) < 4.78 is 0. The highest BCUT2D eigenvalue weighted by Crippen LogP contribution is 2.59. The lowest BCUT2D eigenvalue weighted by atomic mass is 9.49. The minimum Gasteiger partial charge on any atom is -0.481 e. The third-order valence-corrected chi connectivity index (χ3v) is 7.92. The van der Waals surface area contributed by atoms with Crippen molar-refractivity contribution in [3.8, 4) is 0 Å². The van der Waals surface area contributed by atoms with E-state index in [1.54, 1.807) is 0 Å². The number of carboxylic acid groups (broad SMARTS) is 2. The molecule has 0 aromatic rings. The van der Waals surface area contributed by atoms with Gasteiger partial charge in [0, 0.05) is 0 Å². The zero-order valence-electron chi connectivity index (χ0n) is 16.2. The van der Waals surface area contributed by atoms with E-state index in [-0.39, 0.29) is 0 Å². The van der Waals surface area contributed by atoms with Crippen LogP contribution in [0.2, 0.25) is 0 Å². The second-order valence-electron chi connectivity index (χ2n) is 9.40. The lowest BCUT2D eigenvalue weighted by molar-refractivity contribution is -0.185. The number of aliphatic carboxylic acids is 2. The fourth-order valence-corrected chi connectivity index (χ4v) is 6.49. The fourth-order valence-electron chi connectivity index (χ4n) is 6.49. The maximum absolute atomic E-state index is 12.6. The first-order chi connectivity index (χ1) is 12.5. The van der Waals surface area contributed by atoms with Crippen LogP contribution >= 0.6 is 0 Å². The van der Waals surface area contributed by atoms with E-state index < -0.39 is 22.8 Å². The molecule has 0 saturated heterocycles. The van der Waals surface area contributed by atoms with Gasteiger partial charge in [-0.15, -0.1) is 0 Å². The van der Waals surface area contributed by atoms with Crippen LogP contribution in [0.3, 0.4) is 0 Å². The van der Waals surface area contributed by atoms with Crippen molar-refractivity contribution in [2.24, 2.45) is 22.7 Å². The van der Waals surface area contributed by atoms with E-state index in [2.05, 4.69) is 0 Å². The molecule has 0 radical (unpaired) electrons. The monoisotopic (exact) mass is 364 g/mol. The minimum absolute atomic E-state index is 0.392. The highest BCUT2D eigenvalue weighted by atomic mass is 16.4. The Morgan fingerprint density at radius 1 is 0.615 bits per heavy atom. The van der Waals surface area contributed by atoms with Crippen molar-refractivity contribution >= 4 is 11.9 Å². The SMILES string of the molecule is O=C(O)C1(CC2CCCCC2)CCCCC1(CC1CCCCC1)C(=O)O. The molecule has 148 valence electrons. The van der Waals surface area contributed by atoms with Crippen LogP contribution in [0.4, 0.5) is 0 Å². The molecule has 3 rings (SSSR count).